The van der Waals surface area contributed by atoms with Crippen LogP contribution in [0.3, 0.4) is 0 Å². The molecule has 0 rings (SSSR count). The molecule has 0 aromatic heterocycles. The molecule has 0 saturated carbocycles. The summed E-state index contributed by atoms with van der Waals surface area (Å²) in [6.45, 7) is 0.0463. The van der Waals surface area contributed by atoms with Crippen LogP contribution in [-0.2, 0) is 0 Å². The minimum atomic E-state index is -5.26. The molecule has 0 aliphatic heterocycles. The zero-order valence-corrected chi connectivity index (χ0v) is 5.60. The molecule has 0 radical (unpaired) electrons. The highest BCUT2D eigenvalue weighted by Gasteiger charge is 2.57. The fourth-order valence-corrected chi connectivity index (χ4v) is 0.247. The van der Waals surface area contributed by atoms with Crippen molar-refractivity contribution >= 4 is 11.6 Å². The van der Waals surface area contributed by atoms with E-state index in [0.717, 1.165) is 0 Å². The molecular formula is C4H4ClF5. The number of rotatable bonds is 1. The van der Waals surface area contributed by atoms with Gasteiger partial charge in [-0.3, -0.25) is 0 Å². The zero-order chi connectivity index (χ0) is 8.58. The first-order valence-corrected chi connectivity index (χ1v) is 2.67. The molecule has 10 heavy (non-hydrogen) atoms. The maximum atomic E-state index is 12.1. The van der Waals surface area contributed by atoms with Gasteiger partial charge in [0.2, 0.25) is 11.3 Å². The molecule has 0 aromatic carbocycles. The predicted octanol–water partition coefficient (Wildman–Crippen LogP) is 2.81. The lowest BCUT2D eigenvalue weighted by molar-refractivity contribution is -0.233. The average Bonchev–Trinajstić information content (AvgIpc) is 1.62. The highest BCUT2D eigenvalue weighted by Crippen LogP contribution is 2.38. The number of hydrogen-bond donors (Lipinski definition) is 0. The summed E-state index contributed by atoms with van der Waals surface area (Å²) >= 11 is 4.29. The summed E-state index contributed by atoms with van der Waals surface area (Å²) < 4.78 is 57.9. The normalized spacial score (nSPS) is 21.9. The zero-order valence-electron chi connectivity index (χ0n) is 4.85. The Bertz CT molecular complexity index is 115. The third-order valence-electron chi connectivity index (χ3n) is 0.964. The minimum absolute atomic E-state index is 0.0463. The Labute approximate surface area is 59.0 Å². The molecule has 0 bridgehead atoms. The fraction of sp³-hybridized carbons (Fsp3) is 1.00. The second kappa shape index (κ2) is 2.53. The molecule has 0 nitrogen and oxygen atoms in total. The molecule has 0 amide bonds. The van der Waals surface area contributed by atoms with Crippen molar-refractivity contribution in [2.75, 3.05) is 0 Å². The van der Waals surface area contributed by atoms with Gasteiger partial charge in [0.15, 0.2) is 0 Å². The first kappa shape index (κ1) is 9.94. The first-order chi connectivity index (χ1) is 4.19. The van der Waals surface area contributed by atoms with Crippen LogP contribution in [0.2, 0.25) is 0 Å². The number of alkyl halides is 6. The maximum absolute atomic E-state index is 12.1. The van der Waals surface area contributed by atoms with Gasteiger partial charge >= 0.3 is 6.18 Å². The van der Waals surface area contributed by atoms with Crippen LogP contribution in [0, 0.1) is 0 Å². The SMILES string of the molecule is CC(F)(C(F)Cl)C(F)(F)F. The minimum Gasteiger partial charge on any atom is -0.229 e. The smallest absolute Gasteiger partial charge is 0.229 e. The molecule has 0 heterocycles. The van der Waals surface area contributed by atoms with Gasteiger partial charge < -0.3 is 0 Å². The standard InChI is InChI=1S/C4H4ClF5/c1-3(7,2(5)6)4(8,9)10/h2H,1H3. The van der Waals surface area contributed by atoms with E-state index in [9.17, 15) is 22.0 Å². The van der Waals surface area contributed by atoms with Gasteiger partial charge in [-0.05, 0) is 6.92 Å². The summed E-state index contributed by atoms with van der Waals surface area (Å²) in [5, 5.41) is 0. The highest BCUT2D eigenvalue weighted by molar-refractivity contribution is 6.20. The monoisotopic (exact) mass is 182 g/mol. The van der Waals surface area contributed by atoms with Gasteiger partial charge in [0, 0.05) is 0 Å². The Morgan fingerprint density at radius 1 is 1.20 bits per heavy atom. The van der Waals surface area contributed by atoms with Crippen LogP contribution in [-0.4, -0.2) is 17.5 Å². The van der Waals surface area contributed by atoms with E-state index in [-0.39, 0.29) is 6.92 Å². The van der Waals surface area contributed by atoms with E-state index in [2.05, 4.69) is 11.6 Å². The van der Waals surface area contributed by atoms with Crippen LogP contribution in [0.5, 0.6) is 0 Å². The van der Waals surface area contributed by atoms with Crippen LogP contribution in [0.1, 0.15) is 6.92 Å². The molecule has 0 aliphatic rings. The molecule has 0 fully saturated rings. The Morgan fingerprint density at radius 2 is 1.50 bits per heavy atom. The lowest BCUT2D eigenvalue weighted by atomic mass is 10.1. The molecule has 6 heteroatoms. The molecule has 62 valence electrons. The average molecular weight is 183 g/mol. The predicted molar refractivity (Wildman–Crippen MR) is 26.3 cm³/mol. The molecule has 0 aromatic rings. The third kappa shape index (κ3) is 1.71. The molecule has 2 unspecified atom stereocenters. The van der Waals surface area contributed by atoms with Crippen molar-refractivity contribution < 1.29 is 22.0 Å². The van der Waals surface area contributed by atoms with E-state index >= 15 is 0 Å². The van der Waals surface area contributed by atoms with E-state index in [1.165, 1.54) is 0 Å². The van der Waals surface area contributed by atoms with Crippen LogP contribution in [0.4, 0.5) is 22.0 Å². The topological polar surface area (TPSA) is 0 Å². The molecule has 0 spiro atoms. The summed E-state index contributed by atoms with van der Waals surface area (Å²) in [7, 11) is 0. The van der Waals surface area contributed by atoms with Gasteiger partial charge in [0.25, 0.3) is 0 Å². The Kier molecular flexibility index (Phi) is 2.51. The van der Waals surface area contributed by atoms with Gasteiger partial charge in [0.1, 0.15) is 0 Å². The van der Waals surface area contributed by atoms with E-state index < -0.39 is 17.5 Å². The largest absolute Gasteiger partial charge is 0.426 e. The molecule has 2 atom stereocenters. The second-order valence-electron chi connectivity index (χ2n) is 1.87. The van der Waals surface area contributed by atoms with Gasteiger partial charge in [0.05, 0.1) is 0 Å². The fourth-order valence-electron chi connectivity index (χ4n) is 0.124. The van der Waals surface area contributed by atoms with E-state index in [1.54, 1.807) is 0 Å². The highest BCUT2D eigenvalue weighted by atomic mass is 35.5. The van der Waals surface area contributed by atoms with Crippen molar-refractivity contribution in [2.24, 2.45) is 0 Å². The van der Waals surface area contributed by atoms with Crippen molar-refractivity contribution in [1.82, 2.24) is 0 Å². The summed E-state index contributed by atoms with van der Waals surface area (Å²) in [5.74, 6) is 0. The molecular weight excluding hydrogens is 178 g/mol. The third-order valence-corrected chi connectivity index (χ3v) is 1.37. The van der Waals surface area contributed by atoms with Gasteiger partial charge in [-0.15, -0.1) is 0 Å². The van der Waals surface area contributed by atoms with Crippen molar-refractivity contribution in [2.45, 2.75) is 24.4 Å². The van der Waals surface area contributed by atoms with Crippen LogP contribution >= 0.6 is 11.6 Å². The number of halogens is 6. The van der Waals surface area contributed by atoms with Crippen molar-refractivity contribution in [3.63, 3.8) is 0 Å². The van der Waals surface area contributed by atoms with Crippen molar-refractivity contribution in [3.05, 3.63) is 0 Å². The van der Waals surface area contributed by atoms with Gasteiger partial charge in [-0.25, -0.2) is 8.78 Å². The Hall–Kier alpha value is -0.0600. The van der Waals surface area contributed by atoms with Crippen molar-refractivity contribution in [1.29, 1.82) is 0 Å². The Morgan fingerprint density at radius 3 is 1.50 bits per heavy atom. The lowest BCUT2D eigenvalue weighted by Gasteiger charge is -2.22. The molecule has 0 saturated heterocycles. The van der Waals surface area contributed by atoms with E-state index in [4.69, 9.17) is 0 Å². The second-order valence-corrected chi connectivity index (χ2v) is 2.26. The Balaban J connectivity index is 4.40. The van der Waals surface area contributed by atoms with Crippen molar-refractivity contribution in [3.8, 4) is 0 Å². The quantitative estimate of drug-likeness (QED) is 0.432. The van der Waals surface area contributed by atoms with E-state index in [1.807, 2.05) is 0 Å². The van der Waals surface area contributed by atoms with Gasteiger partial charge in [-0.1, -0.05) is 11.6 Å². The maximum Gasteiger partial charge on any atom is 0.426 e. The summed E-state index contributed by atoms with van der Waals surface area (Å²) in [5.41, 5.74) is -7.03. The summed E-state index contributed by atoms with van der Waals surface area (Å²) in [6, 6.07) is 0. The molecule has 0 N–H and O–H groups in total. The summed E-state index contributed by atoms with van der Waals surface area (Å²) in [6.07, 6.45) is -5.26. The molecule has 0 aliphatic carbocycles. The lowest BCUT2D eigenvalue weighted by Crippen LogP contribution is -2.43. The first-order valence-electron chi connectivity index (χ1n) is 2.23. The van der Waals surface area contributed by atoms with Gasteiger partial charge in [-0.2, -0.15) is 13.2 Å². The van der Waals surface area contributed by atoms with Crippen LogP contribution < -0.4 is 0 Å². The number of hydrogen-bond acceptors (Lipinski definition) is 0. The van der Waals surface area contributed by atoms with Crippen LogP contribution in [0.25, 0.3) is 0 Å². The van der Waals surface area contributed by atoms with Crippen LogP contribution in [0.15, 0.2) is 0 Å². The summed E-state index contributed by atoms with van der Waals surface area (Å²) in [4.78, 5) is 0. The van der Waals surface area contributed by atoms with E-state index in [0.29, 0.717) is 0 Å².